The number of piperazine rings is 1. The molecule has 10 aromatic rings. The second-order valence-corrected chi connectivity index (χ2v) is 31.4. The van der Waals surface area contributed by atoms with E-state index in [2.05, 4.69) is 53.3 Å². The van der Waals surface area contributed by atoms with Gasteiger partial charge in [0, 0.05) is 147 Å². The third-order valence-corrected chi connectivity index (χ3v) is 23.5. The SMILES string of the molecule is O=C(C1CCN(c2ccc(S(=O)(=O)Nc3ncns3)cc2)CC1)N1CCCc2cc(Cl)ccc21.O=C(COc1ccc(F)c(Cl)c1)N1CCC(c2ccc(S(=O)(=O)Nc3ccncn3)cc2)CC1.O=C(Cc1c[nH]c2ccc(O)cc12)N1CCN(c2ccc(S(=O)(=O)Nc3ccncc3)cc2)CC1.[HH].[HH].[HH].[HH].[HH]. The fourth-order valence-corrected chi connectivity index (χ4v) is 16.7. The molecule has 0 saturated carbocycles. The highest BCUT2D eigenvalue weighted by Crippen LogP contribution is 2.35. The first kappa shape index (κ1) is 72.8. The number of fused-ring (bicyclic) bond motifs is 2. The smallest absolute Gasteiger partial charge is 0.263 e. The average molecular weight is 1520 g/mol. The monoisotopic (exact) mass is 1520 g/mol. The minimum absolute atomic E-state index is 0. The van der Waals surface area contributed by atoms with Gasteiger partial charge in [0.05, 0.1) is 31.8 Å². The molecular weight excluding hydrogens is 1440 g/mol. The van der Waals surface area contributed by atoms with Gasteiger partial charge in [-0.1, -0.05) is 35.3 Å². The Hall–Kier alpha value is -9.98. The molecule has 546 valence electrons. The molecule has 25 nitrogen and oxygen atoms in total. The maximum atomic E-state index is 13.3. The lowest BCUT2D eigenvalue weighted by atomic mass is 9.89. The van der Waals surface area contributed by atoms with E-state index in [-0.39, 0.29) is 86.1 Å². The number of aromatic nitrogens is 6. The molecule has 3 saturated heterocycles. The molecule has 4 aliphatic rings. The summed E-state index contributed by atoms with van der Waals surface area (Å²) < 4.78 is 105. The van der Waals surface area contributed by atoms with Gasteiger partial charge in [0.2, 0.25) is 16.9 Å². The van der Waals surface area contributed by atoms with Crippen LogP contribution in [0.1, 0.15) is 61.8 Å². The van der Waals surface area contributed by atoms with E-state index in [9.17, 15) is 49.1 Å². The van der Waals surface area contributed by atoms with Crippen molar-refractivity contribution in [1.29, 1.82) is 0 Å². The fourth-order valence-electron chi connectivity index (χ4n) is 12.6. The Morgan fingerprint density at radius 2 is 1.26 bits per heavy atom. The molecule has 3 amide bonds. The number of pyridine rings is 1. The molecular formula is C71H81Cl2FN14O11S4. The van der Waals surface area contributed by atoms with E-state index in [1.54, 1.807) is 108 Å². The number of aromatic amines is 1. The van der Waals surface area contributed by atoms with Crippen molar-refractivity contribution in [3.05, 3.63) is 216 Å². The van der Waals surface area contributed by atoms with Crippen molar-refractivity contribution in [3.63, 3.8) is 0 Å². The van der Waals surface area contributed by atoms with Crippen LogP contribution in [0.3, 0.4) is 0 Å². The summed E-state index contributed by atoms with van der Waals surface area (Å²) in [7, 11) is -11.2. The van der Waals surface area contributed by atoms with Crippen LogP contribution in [0.15, 0.2) is 198 Å². The number of rotatable bonds is 18. The van der Waals surface area contributed by atoms with Crippen molar-refractivity contribution >= 4 is 127 Å². The number of aryl methyl sites for hydroxylation is 1. The van der Waals surface area contributed by atoms with E-state index in [1.165, 1.54) is 55.5 Å². The first-order chi connectivity index (χ1) is 49.6. The second-order valence-electron chi connectivity index (χ2n) is 24.7. The third-order valence-electron chi connectivity index (χ3n) is 18.1. The zero-order valence-electron chi connectivity index (χ0n) is 55.3. The fraction of sp³-hybridized carbons (Fsp3) is 0.268. The summed E-state index contributed by atoms with van der Waals surface area (Å²) in [6.45, 7) is 5.67. The number of H-pyrrole nitrogens is 1. The van der Waals surface area contributed by atoms with Gasteiger partial charge in [-0.15, -0.1) is 0 Å². The van der Waals surface area contributed by atoms with Gasteiger partial charge in [0.15, 0.2) is 6.61 Å². The van der Waals surface area contributed by atoms with Crippen molar-refractivity contribution in [2.75, 3.05) is 94.4 Å². The topological polar surface area (TPSA) is 316 Å². The van der Waals surface area contributed by atoms with E-state index in [0.717, 1.165) is 114 Å². The Labute approximate surface area is 616 Å². The number of halogens is 3. The largest absolute Gasteiger partial charge is 0.508 e. The summed E-state index contributed by atoms with van der Waals surface area (Å²) in [5.74, 6) is 0.421. The molecule has 4 aliphatic heterocycles. The summed E-state index contributed by atoms with van der Waals surface area (Å²) >= 11 is 12.9. The van der Waals surface area contributed by atoms with Gasteiger partial charge in [0.1, 0.15) is 35.8 Å². The maximum Gasteiger partial charge on any atom is 0.263 e. The van der Waals surface area contributed by atoms with Crippen LogP contribution in [0.2, 0.25) is 10.0 Å². The lowest BCUT2D eigenvalue weighted by Gasteiger charge is -2.37. The zero-order chi connectivity index (χ0) is 72.3. The normalized spacial score (nSPS) is 15.2. The van der Waals surface area contributed by atoms with E-state index in [1.807, 2.05) is 34.2 Å². The molecule has 0 atom stereocenters. The van der Waals surface area contributed by atoms with Crippen LogP contribution in [0, 0.1) is 11.7 Å². The Bertz CT molecular complexity index is 4990. The molecule has 14 rings (SSSR count). The molecule has 0 unspecified atom stereocenters. The number of carbonyl (C=O) groups excluding carboxylic acids is 3. The predicted octanol–water partition coefficient (Wildman–Crippen LogP) is 12.2. The zero-order valence-corrected chi connectivity index (χ0v) is 60.0. The predicted molar refractivity (Wildman–Crippen MR) is 403 cm³/mol. The number of hydrogen-bond donors (Lipinski definition) is 5. The number of amides is 3. The number of hydrogen-bond acceptors (Lipinski definition) is 19. The minimum Gasteiger partial charge on any atom is -0.508 e. The number of aromatic hydroxyl groups is 1. The summed E-state index contributed by atoms with van der Waals surface area (Å²) in [6, 6.07) is 39.7. The Kier molecular flexibility index (Phi) is 23.0. The molecule has 5 N–H and O–H groups in total. The number of sulfonamides is 3. The lowest BCUT2D eigenvalue weighted by Crippen LogP contribution is -2.49. The third kappa shape index (κ3) is 18.5. The standard InChI is InChI=1S/C25H25N5O4S.C23H22ClFN4O4S.C23H24ClN5O3S2.5H2/c31-21-3-6-24-23(16-21)18(17-27-24)15-25(32)30-13-11-29(12-14-30)20-1-4-22(5-2-20)35(33,34)28-19-7-9-26-10-8-19;24-20-13-18(3-6-21(20)25)33-14-23(30)29-11-8-17(9-12-29)16-1-4-19(5-2-16)34(31,32)28-22-7-10-26-15-27-22;24-18-3-8-21-17(14-18)2-1-11-29(21)22(30)16-9-12-28(13-10-16)19-4-6-20(7-5-19)34(31,32)27-23-25-15-26-33-23;;;;;/h1-10,16-17,27,31H,11-15H2,(H,26,28);1-7,10,13,15,17H,8-9,11-12,14H2,(H,26,27,28);3-8,14-16H,1-2,9-13H2,(H,25,26,27);5*1H. The van der Waals surface area contributed by atoms with Crippen molar-refractivity contribution in [2.24, 2.45) is 5.92 Å². The van der Waals surface area contributed by atoms with E-state index in [4.69, 9.17) is 27.9 Å². The van der Waals surface area contributed by atoms with Gasteiger partial charge in [-0.05, 0) is 189 Å². The highest BCUT2D eigenvalue weighted by Gasteiger charge is 2.33. The van der Waals surface area contributed by atoms with Crippen LogP contribution in [-0.4, -0.2) is 153 Å². The minimum atomic E-state index is -3.75. The van der Waals surface area contributed by atoms with Gasteiger partial charge in [-0.2, -0.15) is 4.37 Å². The molecule has 0 radical (unpaired) electrons. The molecule has 8 heterocycles. The number of phenolic OH excluding ortho intramolecular Hbond substituents is 1. The first-order valence-electron chi connectivity index (χ1n) is 32.9. The van der Waals surface area contributed by atoms with Gasteiger partial charge in [-0.3, -0.25) is 33.5 Å². The van der Waals surface area contributed by atoms with Crippen LogP contribution in [-0.2, 0) is 57.3 Å². The number of nitrogens with one attached hydrogen (secondary N) is 4. The molecule has 3 fully saturated rings. The quantitative estimate of drug-likeness (QED) is 0.0533. The molecule has 6 aromatic carbocycles. The molecule has 0 spiro atoms. The number of phenols is 1. The number of carbonyl (C=O) groups is 3. The summed E-state index contributed by atoms with van der Waals surface area (Å²) in [4.78, 5) is 67.5. The number of likely N-dealkylation sites (tertiary alicyclic amines) is 1. The Morgan fingerprint density at radius 3 is 1.90 bits per heavy atom. The van der Waals surface area contributed by atoms with Crippen LogP contribution in [0.4, 0.5) is 38.1 Å². The number of benzene rings is 6. The van der Waals surface area contributed by atoms with Crippen LogP contribution in [0.25, 0.3) is 10.9 Å². The van der Waals surface area contributed by atoms with Crippen molar-refractivity contribution in [3.8, 4) is 11.5 Å². The van der Waals surface area contributed by atoms with Crippen LogP contribution < -0.4 is 33.6 Å². The molecule has 0 bridgehead atoms. The van der Waals surface area contributed by atoms with E-state index in [0.29, 0.717) is 55.7 Å². The number of nitrogens with zero attached hydrogens (tertiary/aromatic N) is 10. The number of piperidine rings is 2. The highest BCUT2D eigenvalue weighted by molar-refractivity contribution is 7.93. The Morgan fingerprint density at radius 1 is 0.631 bits per heavy atom. The Balaban J connectivity index is 0.000000221. The van der Waals surface area contributed by atoms with Gasteiger partial charge in [0.25, 0.3) is 36.0 Å². The highest BCUT2D eigenvalue weighted by atomic mass is 35.5. The summed E-state index contributed by atoms with van der Waals surface area (Å²) in [5.41, 5.74) is 7.20. The van der Waals surface area contributed by atoms with E-state index < -0.39 is 35.9 Å². The molecule has 0 aliphatic carbocycles. The average Bonchev–Trinajstić information content (AvgIpc) is 1.36. The summed E-state index contributed by atoms with van der Waals surface area (Å²) in [5, 5.41) is 11.5. The number of anilines is 6. The molecule has 4 aromatic heterocycles. The van der Waals surface area contributed by atoms with Gasteiger partial charge in [-0.25, -0.2) is 44.6 Å². The van der Waals surface area contributed by atoms with E-state index >= 15 is 0 Å². The van der Waals surface area contributed by atoms with Crippen molar-refractivity contribution in [2.45, 2.75) is 65.6 Å². The van der Waals surface area contributed by atoms with Crippen LogP contribution >= 0.6 is 34.7 Å². The summed E-state index contributed by atoms with van der Waals surface area (Å²) in [6.07, 6.45) is 14.1. The van der Waals surface area contributed by atoms with Crippen LogP contribution in [0.5, 0.6) is 11.5 Å². The maximum absolute atomic E-state index is 13.3. The van der Waals surface area contributed by atoms with Gasteiger partial charge >= 0.3 is 0 Å². The van der Waals surface area contributed by atoms with Crippen molar-refractivity contribution in [1.82, 2.24) is 39.1 Å². The second kappa shape index (κ2) is 32.6. The molecule has 103 heavy (non-hydrogen) atoms. The van der Waals surface area contributed by atoms with Crippen molar-refractivity contribution < 1.29 is 61.0 Å². The lowest BCUT2D eigenvalue weighted by molar-refractivity contribution is -0.134. The number of ether oxygens (including phenoxy) is 1. The van der Waals surface area contributed by atoms with Gasteiger partial charge < -0.3 is 39.3 Å². The molecule has 32 heteroatoms. The first-order valence-corrected chi connectivity index (χ1v) is 38.9.